The van der Waals surface area contributed by atoms with Gasteiger partial charge in [0.05, 0.1) is 16.8 Å². The van der Waals surface area contributed by atoms with Gasteiger partial charge in [-0.05, 0) is 53.0 Å². The van der Waals surface area contributed by atoms with E-state index in [4.69, 9.17) is 9.31 Å². The lowest BCUT2D eigenvalue weighted by Gasteiger charge is -2.32. The van der Waals surface area contributed by atoms with Gasteiger partial charge in [0.25, 0.3) is 5.91 Å². The van der Waals surface area contributed by atoms with Crippen LogP contribution in [-0.4, -0.2) is 42.2 Å². The molecule has 0 aromatic heterocycles. The highest BCUT2D eigenvalue weighted by molar-refractivity contribution is 6.62. The van der Waals surface area contributed by atoms with Gasteiger partial charge >= 0.3 is 7.12 Å². The molecule has 0 atom stereocenters. The highest BCUT2D eigenvalue weighted by Gasteiger charge is 2.52. The van der Waals surface area contributed by atoms with Crippen LogP contribution in [0.2, 0.25) is 0 Å². The number of rotatable bonds is 2. The van der Waals surface area contributed by atoms with Gasteiger partial charge in [0.1, 0.15) is 5.82 Å². The molecule has 0 unspecified atom stereocenters. The number of amides is 1. The maximum atomic E-state index is 15.0. The van der Waals surface area contributed by atoms with E-state index in [0.717, 1.165) is 19.3 Å². The van der Waals surface area contributed by atoms with E-state index >= 15 is 4.39 Å². The van der Waals surface area contributed by atoms with Gasteiger partial charge < -0.3 is 14.2 Å². The molecular formula is C21H33BFNO3. The molecule has 150 valence electrons. The van der Waals surface area contributed by atoms with E-state index in [1.807, 2.05) is 27.7 Å². The number of likely N-dealkylation sites (tertiary alicyclic amines) is 1. The van der Waals surface area contributed by atoms with E-state index in [-0.39, 0.29) is 16.9 Å². The molecule has 0 radical (unpaired) electrons. The molecule has 1 aromatic carbocycles. The number of piperidine rings is 1. The lowest BCUT2D eigenvalue weighted by atomic mass is 9.77. The lowest BCUT2D eigenvalue weighted by molar-refractivity contribution is 0.00578. The Kier molecular flexibility index (Phi) is 7.09. The van der Waals surface area contributed by atoms with Crippen LogP contribution >= 0.6 is 0 Å². The van der Waals surface area contributed by atoms with Crippen LogP contribution in [0.5, 0.6) is 0 Å². The van der Waals surface area contributed by atoms with Crippen LogP contribution in [0.3, 0.4) is 0 Å². The van der Waals surface area contributed by atoms with Crippen LogP contribution in [0, 0.1) is 5.82 Å². The summed E-state index contributed by atoms with van der Waals surface area (Å²) in [4.78, 5) is 14.4. The third-order valence-corrected chi connectivity index (χ3v) is 5.41. The molecule has 0 saturated carbocycles. The molecule has 2 saturated heterocycles. The van der Waals surface area contributed by atoms with Gasteiger partial charge in [0, 0.05) is 18.6 Å². The Labute approximate surface area is 163 Å². The summed E-state index contributed by atoms with van der Waals surface area (Å²) in [7, 11) is -0.802. The van der Waals surface area contributed by atoms with E-state index < -0.39 is 24.1 Å². The minimum Gasteiger partial charge on any atom is -0.399 e. The smallest absolute Gasteiger partial charge is 0.399 e. The van der Waals surface area contributed by atoms with Crippen molar-refractivity contribution in [2.75, 3.05) is 13.1 Å². The molecule has 0 N–H and O–H groups in total. The van der Waals surface area contributed by atoms with Crippen molar-refractivity contribution in [2.45, 2.75) is 78.4 Å². The Morgan fingerprint density at radius 1 is 1.07 bits per heavy atom. The Hall–Kier alpha value is -1.40. The van der Waals surface area contributed by atoms with Crippen molar-refractivity contribution in [1.29, 1.82) is 0 Å². The predicted molar refractivity (Wildman–Crippen MR) is 108 cm³/mol. The highest BCUT2D eigenvalue weighted by atomic mass is 19.1. The largest absolute Gasteiger partial charge is 0.497 e. The fourth-order valence-corrected chi connectivity index (χ4v) is 3.13. The van der Waals surface area contributed by atoms with Crippen molar-refractivity contribution >= 4 is 18.5 Å². The number of hydrogen-bond donors (Lipinski definition) is 0. The summed E-state index contributed by atoms with van der Waals surface area (Å²) < 4.78 is 26.9. The number of carbonyl (C=O) groups is 1. The van der Waals surface area contributed by atoms with Gasteiger partial charge in [0.15, 0.2) is 0 Å². The van der Waals surface area contributed by atoms with Gasteiger partial charge in [-0.3, -0.25) is 4.79 Å². The molecule has 27 heavy (non-hydrogen) atoms. The first-order valence-corrected chi connectivity index (χ1v) is 10.1. The molecule has 1 amide bonds. The summed E-state index contributed by atoms with van der Waals surface area (Å²) >= 11 is 0. The molecule has 2 heterocycles. The van der Waals surface area contributed by atoms with Crippen LogP contribution in [-0.2, 0) is 9.31 Å². The molecule has 1 aromatic rings. The van der Waals surface area contributed by atoms with Crippen LogP contribution in [0.1, 0.15) is 77.6 Å². The van der Waals surface area contributed by atoms with Gasteiger partial charge in [-0.2, -0.15) is 0 Å². The first kappa shape index (κ1) is 21.9. The second kappa shape index (κ2) is 8.74. The molecule has 3 rings (SSSR count). The number of carbonyl (C=O) groups excluding carboxylic acids is 1. The SMILES string of the molecule is CC1(C)OB(c2cccc(C(=O)N3CCCCC3)c2F)OC1(C)C.CCC. The average molecular weight is 377 g/mol. The van der Waals surface area contributed by atoms with Crippen LogP contribution in [0.15, 0.2) is 18.2 Å². The average Bonchev–Trinajstić information content (AvgIpc) is 2.83. The minimum absolute atomic E-state index is 0.101. The fraction of sp³-hybridized carbons (Fsp3) is 0.667. The van der Waals surface area contributed by atoms with E-state index in [1.54, 1.807) is 23.1 Å². The van der Waals surface area contributed by atoms with Crippen molar-refractivity contribution in [3.63, 3.8) is 0 Å². The third-order valence-electron chi connectivity index (χ3n) is 5.41. The predicted octanol–water partition coefficient (Wildman–Crippen LogP) is 4.17. The second-order valence-electron chi connectivity index (χ2n) is 8.36. The molecule has 2 aliphatic heterocycles. The van der Waals surface area contributed by atoms with E-state index in [0.29, 0.717) is 13.1 Å². The number of hydrogen-bond acceptors (Lipinski definition) is 3. The van der Waals surface area contributed by atoms with Crippen LogP contribution in [0.4, 0.5) is 4.39 Å². The van der Waals surface area contributed by atoms with Gasteiger partial charge in [0.2, 0.25) is 0 Å². The van der Waals surface area contributed by atoms with Gasteiger partial charge in [-0.1, -0.05) is 32.4 Å². The first-order valence-electron chi connectivity index (χ1n) is 10.1. The summed E-state index contributed by atoms with van der Waals surface area (Å²) in [5, 5.41) is 0. The molecule has 6 heteroatoms. The van der Waals surface area contributed by atoms with E-state index in [9.17, 15) is 4.79 Å². The normalized spacial score (nSPS) is 20.9. The Balaban J connectivity index is 0.000000817. The zero-order valence-electron chi connectivity index (χ0n) is 17.6. The van der Waals surface area contributed by atoms with E-state index in [1.165, 1.54) is 6.42 Å². The summed E-state index contributed by atoms with van der Waals surface area (Å²) in [6, 6.07) is 4.87. The first-order chi connectivity index (χ1) is 12.6. The third kappa shape index (κ3) is 4.72. The lowest BCUT2D eigenvalue weighted by Crippen LogP contribution is -2.41. The monoisotopic (exact) mass is 377 g/mol. The topological polar surface area (TPSA) is 38.8 Å². The van der Waals surface area contributed by atoms with Crippen molar-refractivity contribution < 1.29 is 18.5 Å². The summed E-state index contributed by atoms with van der Waals surface area (Å²) in [5.74, 6) is -0.780. The zero-order chi connectivity index (χ0) is 20.2. The Bertz CT molecular complexity index is 641. The standard InChI is InChI=1S/C18H25BFNO3.C3H8/c1-17(2)18(3,4)24-19(23-17)14-10-8-9-13(15(14)20)16(22)21-11-6-5-7-12-21;1-3-2/h8-10H,5-7,11-12H2,1-4H3;3H2,1-2H3. The number of nitrogens with zero attached hydrogens (tertiary/aromatic N) is 1. The summed E-state index contributed by atoms with van der Waals surface area (Å²) in [6.07, 6.45) is 4.33. The maximum Gasteiger partial charge on any atom is 0.497 e. The summed E-state index contributed by atoms with van der Waals surface area (Å²) in [6.45, 7) is 13.3. The highest BCUT2D eigenvalue weighted by Crippen LogP contribution is 2.36. The zero-order valence-corrected chi connectivity index (χ0v) is 17.6. The van der Waals surface area contributed by atoms with E-state index in [2.05, 4.69) is 13.8 Å². The van der Waals surface area contributed by atoms with Crippen LogP contribution in [0.25, 0.3) is 0 Å². The number of halogens is 1. The Morgan fingerprint density at radius 3 is 2.11 bits per heavy atom. The molecule has 2 fully saturated rings. The van der Waals surface area contributed by atoms with Crippen LogP contribution < -0.4 is 5.46 Å². The van der Waals surface area contributed by atoms with Gasteiger partial charge in [-0.15, -0.1) is 0 Å². The summed E-state index contributed by atoms with van der Waals surface area (Å²) in [5.41, 5.74) is -0.700. The van der Waals surface area contributed by atoms with Crippen molar-refractivity contribution in [3.8, 4) is 0 Å². The quantitative estimate of drug-likeness (QED) is 0.727. The van der Waals surface area contributed by atoms with Crippen molar-refractivity contribution in [1.82, 2.24) is 4.90 Å². The maximum absolute atomic E-state index is 15.0. The fourth-order valence-electron chi connectivity index (χ4n) is 3.13. The minimum atomic E-state index is -0.802. The molecule has 2 aliphatic rings. The second-order valence-corrected chi connectivity index (χ2v) is 8.36. The van der Waals surface area contributed by atoms with Gasteiger partial charge in [-0.25, -0.2) is 4.39 Å². The van der Waals surface area contributed by atoms with Crippen molar-refractivity contribution in [3.05, 3.63) is 29.6 Å². The number of benzene rings is 1. The Morgan fingerprint density at radius 2 is 1.59 bits per heavy atom. The molecule has 0 aliphatic carbocycles. The molecule has 0 bridgehead atoms. The van der Waals surface area contributed by atoms with Crippen molar-refractivity contribution in [2.24, 2.45) is 0 Å². The molecule has 0 spiro atoms. The molecule has 4 nitrogen and oxygen atoms in total. The molecular weight excluding hydrogens is 344 g/mol.